The van der Waals surface area contributed by atoms with Gasteiger partial charge in [-0.3, -0.25) is 4.79 Å². The fourth-order valence-electron chi connectivity index (χ4n) is 2.62. The van der Waals surface area contributed by atoms with Gasteiger partial charge >= 0.3 is 0 Å². The van der Waals surface area contributed by atoms with Gasteiger partial charge in [-0.05, 0) is 42.5 Å². The lowest BCUT2D eigenvalue weighted by atomic mass is 10.2. The fraction of sp³-hybridized carbons (Fsp3) is 0.0476. The molecule has 0 aliphatic rings. The monoisotopic (exact) mass is 362 g/mol. The normalized spacial score (nSPS) is 10.7. The third kappa shape index (κ3) is 3.79. The van der Waals surface area contributed by atoms with E-state index in [-0.39, 0.29) is 24.0 Å². The summed E-state index contributed by atoms with van der Waals surface area (Å²) in [6.07, 6.45) is 0. The van der Waals surface area contributed by atoms with Crippen LogP contribution < -0.4 is 10.1 Å². The van der Waals surface area contributed by atoms with Crippen LogP contribution in [0, 0.1) is 5.82 Å². The predicted molar refractivity (Wildman–Crippen MR) is 100.0 cm³/mol. The Bertz CT molecular complexity index is 1090. The number of hydrogen-bond acceptors (Lipinski definition) is 4. The van der Waals surface area contributed by atoms with E-state index >= 15 is 0 Å². The first kappa shape index (κ1) is 16.8. The number of nitrogens with zero attached hydrogens (tertiary/aromatic N) is 1. The molecule has 0 fully saturated rings. The van der Waals surface area contributed by atoms with E-state index in [2.05, 4.69) is 10.3 Å². The topological polar surface area (TPSA) is 64.4 Å². The first-order chi connectivity index (χ1) is 13.2. The minimum absolute atomic E-state index is 0.110. The van der Waals surface area contributed by atoms with E-state index in [0.717, 1.165) is 0 Å². The predicted octanol–water partition coefficient (Wildman–Crippen LogP) is 4.65. The van der Waals surface area contributed by atoms with Crippen LogP contribution in [0.15, 0.2) is 77.2 Å². The van der Waals surface area contributed by atoms with Crippen LogP contribution in [0.25, 0.3) is 22.6 Å². The van der Waals surface area contributed by atoms with Crippen LogP contribution in [-0.4, -0.2) is 17.5 Å². The average Bonchev–Trinajstić information content (AvgIpc) is 3.10. The molecule has 1 amide bonds. The minimum atomic E-state index is -0.407. The second-order valence-electron chi connectivity index (χ2n) is 5.83. The molecule has 0 saturated heterocycles. The van der Waals surface area contributed by atoms with Crippen LogP contribution in [-0.2, 0) is 4.79 Å². The van der Waals surface area contributed by atoms with Crippen molar-refractivity contribution in [1.29, 1.82) is 0 Å². The summed E-state index contributed by atoms with van der Waals surface area (Å²) in [5.41, 5.74) is 1.87. The number of fused-ring (bicyclic) bond motifs is 1. The summed E-state index contributed by atoms with van der Waals surface area (Å²) < 4.78 is 24.9. The van der Waals surface area contributed by atoms with Crippen molar-refractivity contribution < 1.29 is 18.3 Å². The number of anilines is 1. The molecule has 1 N–H and O–H groups in total. The van der Waals surface area contributed by atoms with Crippen molar-refractivity contribution in [2.45, 2.75) is 0 Å². The molecule has 1 aromatic heterocycles. The molecule has 6 heteroatoms. The van der Waals surface area contributed by atoms with E-state index in [9.17, 15) is 9.18 Å². The molecule has 4 aromatic rings. The highest BCUT2D eigenvalue weighted by atomic mass is 19.1. The van der Waals surface area contributed by atoms with Gasteiger partial charge in [-0.25, -0.2) is 9.37 Å². The van der Waals surface area contributed by atoms with Crippen molar-refractivity contribution in [2.75, 3.05) is 11.9 Å². The van der Waals surface area contributed by atoms with Crippen LogP contribution in [0.4, 0.5) is 10.1 Å². The first-order valence-corrected chi connectivity index (χ1v) is 8.32. The Morgan fingerprint density at radius 1 is 1.04 bits per heavy atom. The molecule has 0 saturated carbocycles. The molecule has 0 bridgehead atoms. The summed E-state index contributed by atoms with van der Waals surface area (Å²) in [5.74, 6) is 0.111. The summed E-state index contributed by atoms with van der Waals surface area (Å²) in [7, 11) is 0. The van der Waals surface area contributed by atoms with Crippen LogP contribution in [0.2, 0.25) is 0 Å². The summed E-state index contributed by atoms with van der Waals surface area (Å²) in [6.45, 7) is -0.110. The van der Waals surface area contributed by atoms with Crippen molar-refractivity contribution >= 4 is 22.7 Å². The molecule has 4 rings (SSSR count). The van der Waals surface area contributed by atoms with Crippen LogP contribution in [0.5, 0.6) is 5.75 Å². The van der Waals surface area contributed by atoms with Crippen molar-refractivity contribution in [2.24, 2.45) is 0 Å². The highest BCUT2D eigenvalue weighted by molar-refractivity contribution is 5.94. The van der Waals surface area contributed by atoms with Gasteiger partial charge in [0.2, 0.25) is 5.89 Å². The molecule has 0 unspecified atom stereocenters. The third-order valence-electron chi connectivity index (χ3n) is 3.89. The SMILES string of the molecule is O=C(COc1ccccc1)Nc1ccc2oc(-c3ccccc3F)nc2c1. The van der Waals surface area contributed by atoms with Gasteiger partial charge in [-0.2, -0.15) is 0 Å². The number of nitrogens with one attached hydrogen (secondary N) is 1. The summed E-state index contributed by atoms with van der Waals surface area (Å²) >= 11 is 0. The smallest absolute Gasteiger partial charge is 0.262 e. The van der Waals surface area contributed by atoms with Crippen LogP contribution >= 0.6 is 0 Å². The zero-order chi connectivity index (χ0) is 18.6. The molecular formula is C21H15FN2O3. The van der Waals surface area contributed by atoms with E-state index in [1.54, 1.807) is 48.5 Å². The molecule has 1 heterocycles. The zero-order valence-corrected chi connectivity index (χ0v) is 14.2. The quantitative estimate of drug-likeness (QED) is 0.561. The van der Waals surface area contributed by atoms with E-state index in [1.165, 1.54) is 6.07 Å². The highest BCUT2D eigenvalue weighted by Gasteiger charge is 2.13. The highest BCUT2D eigenvalue weighted by Crippen LogP contribution is 2.27. The Balaban J connectivity index is 1.48. The maximum Gasteiger partial charge on any atom is 0.262 e. The van der Waals surface area contributed by atoms with Gasteiger partial charge in [-0.15, -0.1) is 0 Å². The Morgan fingerprint density at radius 3 is 2.63 bits per heavy atom. The Kier molecular flexibility index (Phi) is 4.53. The van der Waals surface area contributed by atoms with Crippen molar-refractivity contribution in [3.63, 3.8) is 0 Å². The third-order valence-corrected chi connectivity index (χ3v) is 3.89. The minimum Gasteiger partial charge on any atom is -0.484 e. The number of amides is 1. The molecule has 0 spiro atoms. The van der Waals surface area contributed by atoms with E-state index < -0.39 is 5.82 Å². The standard InChI is InChI=1S/C21H15FN2O3/c22-17-9-5-4-8-16(17)21-24-18-12-14(10-11-19(18)27-21)23-20(25)13-26-15-6-2-1-3-7-15/h1-12H,13H2,(H,23,25). The van der Waals surface area contributed by atoms with Crippen molar-refractivity contribution in [3.8, 4) is 17.2 Å². The van der Waals surface area contributed by atoms with Gasteiger partial charge in [-0.1, -0.05) is 30.3 Å². The zero-order valence-electron chi connectivity index (χ0n) is 14.2. The van der Waals surface area contributed by atoms with Gasteiger partial charge in [0.05, 0.1) is 5.56 Å². The molecule has 134 valence electrons. The summed E-state index contributed by atoms with van der Waals surface area (Å²) in [5, 5.41) is 2.75. The Morgan fingerprint density at radius 2 is 1.81 bits per heavy atom. The molecule has 0 aliphatic carbocycles. The van der Waals surface area contributed by atoms with Crippen LogP contribution in [0.3, 0.4) is 0 Å². The largest absolute Gasteiger partial charge is 0.484 e. The van der Waals surface area contributed by atoms with Crippen LogP contribution in [0.1, 0.15) is 0 Å². The number of carbonyl (C=O) groups excluding carboxylic acids is 1. The van der Waals surface area contributed by atoms with Gasteiger partial charge in [0.15, 0.2) is 12.2 Å². The van der Waals surface area contributed by atoms with Crippen molar-refractivity contribution in [3.05, 3.63) is 78.6 Å². The summed E-state index contributed by atoms with van der Waals surface area (Å²) in [4.78, 5) is 16.4. The number of hydrogen-bond donors (Lipinski definition) is 1. The molecule has 0 radical (unpaired) electrons. The lowest BCUT2D eigenvalue weighted by molar-refractivity contribution is -0.118. The molecule has 0 aliphatic heterocycles. The number of halogens is 1. The van der Waals surface area contributed by atoms with E-state index in [0.29, 0.717) is 22.5 Å². The van der Waals surface area contributed by atoms with Gasteiger partial charge in [0.1, 0.15) is 17.1 Å². The van der Waals surface area contributed by atoms with E-state index in [4.69, 9.17) is 9.15 Å². The number of rotatable bonds is 5. The van der Waals surface area contributed by atoms with Gasteiger partial charge < -0.3 is 14.5 Å². The van der Waals surface area contributed by atoms with Crippen molar-refractivity contribution in [1.82, 2.24) is 4.98 Å². The number of para-hydroxylation sites is 1. The number of ether oxygens (including phenoxy) is 1. The maximum absolute atomic E-state index is 13.9. The molecular weight excluding hydrogens is 347 g/mol. The fourth-order valence-corrected chi connectivity index (χ4v) is 2.62. The first-order valence-electron chi connectivity index (χ1n) is 8.32. The summed E-state index contributed by atoms with van der Waals surface area (Å²) in [6, 6.07) is 20.4. The number of carbonyl (C=O) groups is 1. The Labute approximate surface area is 154 Å². The van der Waals surface area contributed by atoms with Gasteiger partial charge in [0.25, 0.3) is 5.91 Å². The number of aromatic nitrogens is 1. The second kappa shape index (κ2) is 7.29. The average molecular weight is 362 g/mol. The lowest BCUT2D eigenvalue weighted by Gasteiger charge is -2.07. The molecule has 3 aromatic carbocycles. The Hall–Kier alpha value is -3.67. The number of oxazole rings is 1. The molecule has 0 atom stereocenters. The molecule has 27 heavy (non-hydrogen) atoms. The molecule has 5 nitrogen and oxygen atoms in total. The maximum atomic E-state index is 13.9. The lowest BCUT2D eigenvalue weighted by Crippen LogP contribution is -2.20. The van der Waals surface area contributed by atoms with E-state index in [1.807, 2.05) is 18.2 Å². The second-order valence-corrected chi connectivity index (χ2v) is 5.83. The van der Waals surface area contributed by atoms with Gasteiger partial charge in [0, 0.05) is 5.69 Å². The number of benzene rings is 3.